The average molecular weight is 713 g/mol. The third-order valence-electron chi connectivity index (χ3n) is 9.05. The van der Waals surface area contributed by atoms with Gasteiger partial charge < -0.3 is 35.6 Å². The Kier molecular flexibility index (Phi) is 11.7. The Labute approximate surface area is 304 Å². The van der Waals surface area contributed by atoms with Crippen LogP contribution in [0.25, 0.3) is 0 Å². The van der Waals surface area contributed by atoms with E-state index in [9.17, 15) is 24.0 Å². The number of nitrogens with one attached hydrogen (secondary N) is 2. The number of nitrogens with two attached hydrogens (primary N) is 1. The number of fused-ring (bicyclic) bond motifs is 1. The molecule has 0 spiro atoms. The molecule has 276 valence electrons. The molecule has 0 unspecified atom stereocenters. The maximum absolute atomic E-state index is 14.0. The van der Waals surface area contributed by atoms with Gasteiger partial charge in [0.1, 0.15) is 24.8 Å². The summed E-state index contributed by atoms with van der Waals surface area (Å²) in [5.74, 6) is -0.685. The van der Waals surface area contributed by atoms with Gasteiger partial charge in [-0.15, -0.1) is 0 Å². The Morgan fingerprint density at radius 2 is 1.63 bits per heavy atom. The van der Waals surface area contributed by atoms with Gasteiger partial charge >= 0.3 is 12.2 Å². The highest BCUT2D eigenvalue weighted by molar-refractivity contribution is 5.98. The first kappa shape index (κ1) is 37.7. The molecule has 2 aliphatic rings. The van der Waals surface area contributed by atoms with Gasteiger partial charge in [-0.05, 0) is 101 Å². The smallest absolute Gasteiger partial charge is 0.415 e. The fourth-order valence-electron chi connectivity index (χ4n) is 6.65. The van der Waals surface area contributed by atoms with E-state index < -0.39 is 29.9 Å². The SMILES string of the molecule is CCC(=O)N1c2ccccc2[C@H](N(C(=O)OCc2ccc(NC(=O)[C@@H]3CCCN3C(=O)CNC(=O)OC(C)(C)C)cc2)c2ccc(N)cc2)C[C@@H]1C. The van der Waals surface area contributed by atoms with E-state index in [4.69, 9.17) is 15.2 Å². The second kappa shape index (κ2) is 16.2. The summed E-state index contributed by atoms with van der Waals surface area (Å²) in [7, 11) is 0. The van der Waals surface area contributed by atoms with Crippen molar-refractivity contribution in [2.24, 2.45) is 0 Å². The first-order chi connectivity index (χ1) is 24.8. The highest BCUT2D eigenvalue weighted by atomic mass is 16.6. The molecule has 3 atom stereocenters. The number of para-hydroxylation sites is 1. The monoisotopic (exact) mass is 712 g/mol. The molecule has 0 saturated carbocycles. The number of nitrogen functional groups attached to an aromatic ring is 1. The Hall–Kier alpha value is -5.59. The fraction of sp³-hybridized carbons (Fsp3) is 0.410. The van der Waals surface area contributed by atoms with Gasteiger partial charge in [0.25, 0.3) is 0 Å². The van der Waals surface area contributed by atoms with Crippen molar-refractivity contribution in [2.45, 2.75) is 90.6 Å². The molecule has 0 aliphatic carbocycles. The molecule has 5 amide bonds. The number of benzene rings is 3. The molecular formula is C39H48N6O7. The van der Waals surface area contributed by atoms with Crippen LogP contribution in [0.2, 0.25) is 0 Å². The van der Waals surface area contributed by atoms with Gasteiger partial charge in [0.2, 0.25) is 17.7 Å². The topological polar surface area (TPSA) is 164 Å². The van der Waals surface area contributed by atoms with Crippen LogP contribution >= 0.6 is 0 Å². The fourth-order valence-corrected chi connectivity index (χ4v) is 6.65. The minimum absolute atomic E-state index is 0.0151. The number of ether oxygens (including phenoxy) is 2. The van der Waals surface area contributed by atoms with Crippen LogP contribution in [0.3, 0.4) is 0 Å². The van der Waals surface area contributed by atoms with Crippen LogP contribution in [-0.4, -0.2) is 65.6 Å². The van der Waals surface area contributed by atoms with E-state index in [1.165, 1.54) is 4.90 Å². The second-order valence-corrected chi connectivity index (χ2v) is 14.1. The van der Waals surface area contributed by atoms with E-state index in [0.717, 1.165) is 11.3 Å². The van der Waals surface area contributed by atoms with E-state index >= 15 is 0 Å². The molecular weight excluding hydrogens is 664 g/mol. The van der Waals surface area contributed by atoms with Crippen LogP contribution in [0.4, 0.5) is 32.3 Å². The van der Waals surface area contributed by atoms with Gasteiger partial charge in [-0.1, -0.05) is 37.3 Å². The normalized spacial score (nSPS) is 18.2. The van der Waals surface area contributed by atoms with Crippen LogP contribution < -0.4 is 26.2 Å². The van der Waals surface area contributed by atoms with Crippen molar-refractivity contribution in [3.05, 3.63) is 83.9 Å². The lowest BCUT2D eigenvalue weighted by atomic mass is 9.90. The average Bonchev–Trinajstić information content (AvgIpc) is 3.61. The molecule has 2 aliphatic heterocycles. The Balaban J connectivity index is 1.24. The third-order valence-corrected chi connectivity index (χ3v) is 9.05. The maximum Gasteiger partial charge on any atom is 0.415 e. The molecule has 1 fully saturated rings. The van der Waals surface area contributed by atoms with Gasteiger partial charge in [0.05, 0.1) is 6.04 Å². The lowest BCUT2D eigenvalue weighted by molar-refractivity contribution is -0.135. The first-order valence-corrected chi connectivity index (χ1v) is 17.6. The number of alkyl carbamates (subject to hydrolysis) is 1. The van der Waals surface area contributed by atoms with Crippen molar-refractivity contribution in [3.8, 4) is 0 Å². The molecule has 0 bridgehead atoms. The number of nitrogens with zero attached hydrogens (tertiary/aromatic N) is 3. The van der Waals surface area contributed by atoms with E-state index in [1.54, 1.807) is 74.2 Å². The highest BCUT2D eigenvalue weighted by Gasteiger charge is 2.39. The van der Waals surface area contributed by atoms with Crippen LogP contribution in [0, 0.1) is 0 Å². The minimum Gasteiger partial charge on any atom is -0.444 e. The summed E-state index contributed by atoms with van der Waals surface area (Å²) in [5, 5.41) is 5.33. The molecule has 4 N–H and O–H groups in total. The quantitative estimate of drug-likeness (QED) is 0.223. The third kappa shape index (κ3) is 9.00. The number of hydrogen-bond acceptors (Lipinski definition) is 8. The molecule has 13 heteroatoms. The molecule has 5 rings (SSSR count). The zero-order chi connectivity index (χ0) is 37.6. The highest BCUT2D eigenvalue weighted by Crippen LogP contribution is 2.43. The number of carbonyl (C=O) groups is 5. The van der Waals surface area contributed by atoms with E-state index in [-0.39, 0.29) is 36.9 Å². The number of likely N-dealkylation sites (tertiary alicyclic amines) is 1. The Bertz CT molecular complexity index is 1770. The molecule has 13 nitrogen and oxygen atoms in total. The summed E-state index contributed by atoms with van der Waals surface area (Å²) in [6.07, 6.45) is 0.769. The van der Waals surface area contributed by atoms with E-state index in [1.807, 2.05) is 43.0 Å². The standard InChI is InChI=1S/C39H48N6O7/c1-6-34(46)44-25(2)22-33(30-10-7-8-11-31(30)44)45(29-19-15-27(40)16-20-29)38(50)51-24-26-13-17-28(18-14-26)42-36(48)32-12-9-21-43(32)35(47)23-41-37(49)52-39(3,4)5/h7-8,10-11,13-20,25,32-33H,6,9,12,21-24,40H2,1-5H3,(H,41,49)(H,42,48)/t25-,32-,33+/m0/s1. The van der Waals surface area contributed by atoms with Crippen molar-refractivity contribution in [3.63, 3.8) is 0 Å². The predicted octanol–water partition coefficient (Wildman–Crippen LogP) is 6.14. The predicted molar refractivity (Wildman–Crippen MR) is 199 cm³/mol. The number of hydrogen-bond donors (Lipinski definition) is 3. The van der Waals surface area contributed by atoms with Crippen molar-refractivity contribution in [1.29, 1.82) is 0 Å². The van der Waals surface area contributed by atoms with Crippen LogP contribution in [0.1, 0.15) is 77.5 Å². The number of amides is 5. The van der Waals surface area contributed by atoms with E-state index in [2.05, 4.69) is 10.6 Å². The van der Waals surface area contributed by atoms with Crippen LogP contribution in [-0.2, 0) is 30.5 Å². The minimum atomic E-state index is -0.699. The largest absolute Gasteiger partial charge is 0.444 e. The summed E-state index contributed by atoms with van der Waals surface area (Å²) in [6, 6.07) is 20.3. The lowest BCUT2D eigenvalue weighted by Gasteiger charge is -2.43. The summed E-state index contributed by atoms with van der Waals surface area (Å²) < 4.78 is 11.1. The van der Waals surface area contributed by atoms with Gasteiger partial charge in [0, 0.05) is 41.8 Å². The van der Waals surface area contributed by atoms with Gasteiger partial charge in [0.15, 0.2) is 0 Å². The van der Waals surface area contributed by atoms with Crippen molar-refractivity contribution in [1.82, 2.24) is 10.2 Å². The Morgan fingerprint density at radius 3 is 2.31 bits per heavy atom. The summed E-state index contributed by atoms with van der Waals surface area (Å²) in [6.45, 7) is 9.12. The van der Waals surface area contributed by atoms with Crippen molar-refractivity contribution < 1.29 is 33.4 Å². The molecule has 52 heavy (non-hydrogen) atoms. The summed E-state index contributed by atoms with van der Waals surface area (Å²) >= 11 is 0. The Morgan fingerprint density at radius 1 is 0.942 bits per heavy atom. The molecule has 3 aromatic carbocycles. The number of rotatable bonds is 9. The molecule has 1 saturated heterocycles. The first-order valence-electron chi connectivity index (χ1n) is 17.6. The molecule has 3 aromatic rings. The zero-order valence-corrected chi connectivity index (χ0v) is 30.4. The van der Waals surface area contributed by atoms with Gasteiger partial charge in [-0.25, -0.2) is 9.59 Å². The molecule has 0 aromatic heterocycles. The summed E-state index contributed by atoms with van der Waals surface area (Å²) in [4.78, 5) is 69.8. The lowest BCUT2D eigenvalue weighted by Crippen LogP contribution is -2.47. The number of carbonyl (C=O) groups excluding carboxylic acids is 5. The molecule has 0 radical (unpaired) electrons. The van der Waals surface area contributed by atoms with Crippen LogP contribution in [0.15, 0.2) is 72.8 Å². The zero-order valence-electron chi connectivity index (χ0n) is 30.4. The summed E-state index contributed by atoms with van der Waals surface area (Å²) in [5.41, 5.74) is 9.29. The second-order valence-electron chi connectivity index (χ2n) is 14.1. The van der Waals surface area contributed by atoms with Gasteiger partial charge in [-0.2, -0.15) is 0 Å². The van der Waals surface area contributed by atoms with Crippen LogP contribution in [0.5, 0.6) is 0 Å². The van der Waals surface area contributed by atoms with Gasteiger partial charge in [-0.3, -0.25) is 19.3 Å². The molecule has 2 heterocycles. The van der Waals surface area contributed by atoms with Crippen molar-refractivity contribution >= 4 is 52.7 Å². The van der Waals surface area contributed by atoms with E-state index in [0.29, 0.717) is 54.9 Å². The number of anilines is 4. The van der Waals surface area contributed by atoms with Crippen molar-refractivity contribution in [2.75, 3.05) is 33.9 Å². The maximum atomic E-state index is 14.0.